The molecule has 21 heavy (non-hydrogen) atoms. The van der Waals surface area contributed by atoms with Gasteiger partial charge in [-0.2, -0.15) is 0 Å². The zero-order valence-corrected chi connectivity index (χ0v) is 13.1. The summed E-state index contributed by atoms with van der Waals surface area (Å²) in [6, 6.07) is 8.96. The highest BCUT2D eigenvalue weighted by Crippen LogP contribution is 2.47. The Morgan fingerprint density at radius 2 is 1.52 bits per heavy atom. The molecular formula is C15H20ClNO4. The first-order valence-corrected chi connectivity index (χ1v) is 8.28. The second-order valence-electron chi connectivity index (χ2n) is 5.68. The van der Waals surface area contributed by atoms with Crippen molar-refractivity contribution in [1.29, 1.82) is 0 Å². The van der Waals surface area contributed by atoms with Crippen molar-refractivity contribution >= 4 is 11.4 Å². The molecule has 1 spiro atoms. The number of rotatable bonds is 0. The lowest BCUT2D eigenvalue weighted by Gasteiger charge is -2.31. The number of hydrogen-bond donors (Lipinski definition) is 0. The fraction of sp³-hybridized carbons (Fsp3) is 0.533. The van der Waals surface area contributed by atoms with Crippen LogP contribution in [0.2, 0.25) is 0 Å². The van der Waals surface area contributed by atoms with Gasteiger partial charge in [0, 0.05) is 18.6 Å². The van der Waals surface area contributed by atoms with E-state index in [2.05, 4.69) is 42.8 Å². The monoisotopic (exact) mass is 313 g/mol. The third-order valence-electron chi connectivity index (χ3n) is 4.68. The van der Waals surface area contributed by atoms with E-state index in [9.17, 15) is 0 Å². The van der Waals surface area contributed by atoms with Gasteiger partial charge in [-0.3, -0.25) is 0 Å². The maximum Gasteiger partial charge on any atom is 0.209 e. The highest BCUT2D eigenvalue weighted by atomic mass is 35.7. The number of fused-ring (bicyclic) bond motifs is 2. The summed E-state index contributed by atoms with van der Waals surface area (Å²) in [5, 5.41) is 0. The third-order valence-corrected chi connectivity index (χ3v) is 4.68. The lowest BCUT2D eigenvalue weighted by Crippen LogP contribution is -2.68. The molecule has 3 rings (SSSR count). The Labute approximate surface area is 126 Å². The largest absolute Gasteiger partial charge is 0.222 e. The molecule has 0 aromatic heterocycles. The van der Waals surface area contributed by atoms with E-state index >= 15 is 0 Å². The predicted molar refractivity (Wildman–Crippen MR) is 67.7 cm³/mol. The lowest BCUT2D eigenvalue weighted by atomic mass is 9.68. The van der Waals surface area contributed by atoms with Crippen molar-refractivity contribution in [3.05, 3.63) is 29.8 Å². The minimum Gasteiger partial charge on any atom is -0.222 e. The van der Waals surface area contributed by atoms with Crippen LogP contribution >= 0.6 is 0 Å². The highest BCUT2D eigenvalue weighted by Gasteiger charge is 2.48. The molecule has 1 heterocycles. The summed E-state index contributed by atoms with van der Waals surface area (Å²) in [7, 11) is -2.72. The molecule has 0 N–H and O–H groups in total. The Balaban J connectivity index is 0.000000282. The van der Waals surface area contributed by atoms with Gasteiger partial charge < -0.3 is 0 Å². The maximum atomic E-state index is 8.49. The molecule has 116 valence electrons. The number of para-hydroxylation sites is 1. The van der Waals surface area contributed by atoms with Crippen LogP contribution < -0.4 is 18.6 Å². The van der Waals surface area contributed by atoms with Crippen molar-refractivity contribution in [1.82, 2.24) is 0 Å². The summed E-state index contributed by atoms with van der Waals surface area (Å²) in [6.45, 7) is 2.32. The molecule has 1 fully saturated rings. The number of hydrogen-bond acceptors (Lipinski definition) is 4. The van der Waals surface area contributed by atoms with Crippen LogP contribution in [-0.4, -0.2) is 17.3 Å². The molecule has 1 aromatic carbocycles. The van der Waals surface area contributed by atoms with E-state index in [0.717, 1.165) is 0 Å². The minimum atomic E-state index is -4.94. The van der Waals surface area contributed by atoms with Crippen LogP contribution in [0, 0.1) is 10.2 Å². The predicted octanol–water partition coefficient (Wildman–Crippen LogP) is -1.12. The Morgan fingerprint density at radius 3 is 2.10 bits per heavy atom. The van der Waals surface area contributed by atoms with E-state index in [4.69, 9.17) is 18.6 Å². The summed E-state index contributed by atoms with van der Waals surface area (Å²) in [5.41, 5.74) is 4.95. The van der Waals surface area contributed by atoms with E-state index < -0.39 is 10.2 Å². The van der Waals surface area contributed by atoms with Crippen LogP contribution in [0.3, 0.4) is 0 Å². The Kier molecular flexibility index (Phi) is 4.70. The highest BCUT2D eigenvalue weighted by molar-refractivity contribution is 5.94. The first-order chi connectivity index (χ1) is 9.76. The van der Waals surface area contributed by atoms with Gasteiger partial charge in [0.25, 0.3) is 0 Å². The second kappa shape index (κ2) is 6.02. The van der Waals surface area contributed by atoms with Crippen molar-refractivity contribution in [2.75, 3.05) is 7.05 Å². The molecule has 2 aliphatic rings. The van der Waals surface area contributed by atoms with Gasteiger partial charge in [-0.1, -0.05) is 37.5 Å². The number of halogens is 1. The van der Waals surface area contributed by atoms with Crippen LogP contribution in [0.15, 0.2) is 24.3 Å². The zero-order chi connectivity index (χ0) is 15.7. The normalized spacial score (nSPS) is 20.1. The fourth-order valence-corrected chi connectivity index (χ4v) is 3.65. The van der Waals surface area contributed by atoms with E-state index in [-0.39, 0.29) is 0 Å². The first kappa shape index (κ1) is 16.4. The van der Waals surface area contributed by atoms with Gasteiger partial charge in [-0.05, 0) is 12.8 Å². The molecule has 1 aromatic rings. The summed E-state index contributed by atoms with van der Waals surface area (Å²) in [4.78, 5) is 0. The van der Waals surface area contributed by atoms with Gasteiger partial charge in [0.1, 0.15) is 7.05 Å². The average molecular weight is 314 g/mol. The zero-order valence-electron chi connectivity index (χ0n) is 12.3. The Hall–Kier alpha value is -0.980. The smallest absolute Gasteiger partial charge is 0.209 e. The van der Waals surface area contributed by atoms with Crippen molar-refractivity contribution in [2.45, 2.75) is 44.4 Å². The van der Waals surface area contributed by atoms with Crippen LogP contribution in [-0.2, 0) is 5.41 Å². The minimum absolute atomic E-state index is 0.379. The lowest BCUT2D eigenvalue weighted by molar-refractivity contribution is -2.00. The van der Waals surface area contributed by atoms with Crippen molar-refractivity contribution in [2.24, 2.45) is 0 Å². The molecule has 0 unspecified atom stereocenters. The summed E-state index contributed by atoms with van der Waals surface area (Å²) < 4.78 is 36.4. The summed E-state index contributed by atoms with van der Waals surface area (Å²) in [5.74, 6) is 0. The second-order valence-corrected chi connectivity index (χ2v) is 6.44. The molecule has 0 bridgehead atoms. The van der Waals surface area contributed by atoms with E-state index in [1.807, 2.05) is 0 Å². The van der Waals surface area contributed by atoms with Crippen molar-refractivity contribution in [3.8, 4) is 0 Å². The number of benzene rings is 1. The molecule has 5 nitrogen and oxygen atoms in total. The fourth-order valence-electron chi connectivity index (χ4n) is 3.65. The van der Waals surface area contributed by atoms with Crippen LogP contribution in [0.4, 0.5) is 5.69 Å². The molecule has 0 atom stereocenters. The summed E-state index contributed by atoms with van der Waals surface area (Å²) >= 11 is 0. The van der Waals surface area contributed by atoms with Crippen LogP contribution in [0.1, 0.15) is 44.6 Å². The molecule has 0 saturated heterocycles. The Morgan fingerprint density at radius 1 is 1.00 bits per heavy atom. The quantitative estimate of drug-likeness (QED) is 0.567. The van der Waals surface area contributed by atoms with Gasteiger partial charge in [-0.25, -0.2) is 23.2 Å². The first-order valence-electron chi connectivity index (χ1n) is 7.05. The summed E-state index contributed by atoms with van der Waals surface area (Å²) in [6.07, 6.45) is 6.89. The number of nitrogens with zero attached hydrogens (tertiary/aromatic N) is 1. The molecule has 0 radical (unpaired) electrons. The maximum absolute atomic E-state index is 8.49. The standard InChI is InChI=1S/C15H20N.ClHO4/c1-12-15(10-6-3-7-11-15)13-8-4-5-9-14(13)16(12)2;2-1(3,4)5/h4-5,8-9H,3,6-7,10-11H2,1-2H3;(H,2,3,4,5)/q+1;/p-1. The van der Waals surface area contributed by atoms with Gasteiger partial charge in [0.05, 0.1) is 5.41 Å². The van der Waals surface area contributed by atoms with Gasteiger partial charge in [0.15, 0.2) is 5.71 Å². The third kappa shape index (κ3) is 3.44. The van der Waals surface area contributed by atoms with Gasteiger partial charge >= 0.3 is 0 Å². The van der Waals surface area contributed by atoms with Crippen LogP contribution in [0.25, 0.3) is 0 Å². The van der Waals surface area contributed by atoms with Crippen LogP contribution in [0.5, 0.6) is 0 Å². The molecule has 6 heteroatoms. The SMILES string of the molecule is CC1=[N+](C)c2ccccc2C12CCCCC2.[O-][Cl+3]([O-])([O-])[O-]. The van der Waals surface area contributed by atoms with E-state index in [1.165, 1.54) is 37.8 Å². The van der Waals surface area contributed by atoms with Gasteiger partial charge in [0.2, 0.25) is 5.69 Å². The molecule has 1 aliphatic heterocycles. The molecule has 0 amide bonds. The van der Waals surface area contributed by atoms with Crippen molar-refractivity contribution in [3.63, 3.8) is 0 Å². The van der Waals surface area contributed by atoms with E-state index in [0.29, 0.717) is 5.41 Å². The van der Waals surface area contributed by atoms with Crippen molar-refractivity contribution < 1.29 is 33.5 Å². The topological polar surface area (TPSA) is 95.2 Å². The molecule has 1 aliphatic carbocycles. The molecule has 1 saturated carbocycles. The van der Waals surface area contributed by atoms with Gasteiger partial charge in [-0.15, -0.1) is 10.2 Å². The average Bonchev–Trinajstić information content (AvgIpc) is 2.62. The Bertz CT molecular complexity index is 539. The molecular weight excluding hydrogens is 294 g/mol. The van der Waals surface area contributed by atoms with E-state index in [1.54, 1.807) is 11.3 Å².